The molecule has 2 unspecified atom stereocenters. The van der Waals surface area contributed by atoms with E-state index in [-0.39, 0.29) is 6.04 Å². The Labute approximate surface area is 90.1 Å². The number of aromatic amines is 1. The maximum Gasteiger partial charge on any atom is 0.141 e. The normalized spacial score (nSPS) is 23.9. The minimum Gasteiger partial charge on any atom is -0.316 e. The van der Waals surface area contributed by atoms with E-state index in [1.165, 1.54) is 19.4 Å². The zero-order valence-electron chi connectivity index (χ0n) is 9.16. The lowest BCUT2D eigenvalue weighted by Crippen LogP contribution is -2.36. The molecule has 2 rings (SSSR count). The van der Waals surface area contributed by atoms with Crippen LogP contribution in [0.25, 0.3) is 0 Å². The Morgan fingerprint density at radius 1 is 1.67 bits per heavy atom. The summed E-state index contributed by atoms with van der Waals surface area (Å²) in [7, 11) is 0. The average molecular weight is 209 g/mol. The van der Waals surface area contributed by atoms with Gasteiger partial charge in [-0.15, -0.1) is 0 Å². The lowest BCUT2D eigenvalue weighted by molar-refractivity contribution is 0.346. The highest BCUT2D eigenvalue weighted by molar-refractivity contribution is 4.89. The fourth-order valence-electron chi connectivity index (χ4n) is 1.96. The van der Waals surface area contributed by atoms with E-state index in [4.69, 9.17) is 0 Å². The molecule has 5 heteroatoms. The molecule has 0 amide bonds. The summed E-state index contributed by atoms with van der Waals surface area (Å²) in [5, 5.41) is 13.6. The van der Waals surface area contributed by atoms with E-state index in [0.29, 0.717) is 0 Å². The Kier molecular flexibility index (Phi) is 3.69. The first kappa shape index (κ1) is 10.6. The third-order valence-electron chi connectivity index (χ3n) is 2.96. The van der Waals surface area contributed by atoms with Crippen LogP contribution in [-0.2, 0) is 0 Å². The van der Waals surface area contributed by atoms with Gasteiger partial charge in [0.05, 0.1) is 6.04 Å². The third-order valence-corrected chi connectivity index (χ3v) is 2.96. The van der Waals surface area contributed by atoms with Crippen molar-refractivity contribution in [3.63, 3.8) is 0 Å². The van der Waals surface area contributed by atoms with E-state index in [1.54, 1.807) is 6.33 Å². The second-order valence-electron chi connectivity index (χ2n) is 4.21. The highest BCUT2D eigenvalue weighted by atomic mass is 15.2. The largest absolute Gasteiger partial charge is 0.316 e. The third kappa shape index (κ3) is 3.00. The summed E-state index contributed by atoms with van der Waals surface area (Å²) in [6.07, 6.45) is 4.17. The Morgan fingerprint density at radius 2 is 2.60 bits per heavy atom. The molecule has 15 heavy (non-hydrogen) atoms. The summed E-state index contributed by atoms with van der Waals surface area (Å²) >= 11 is 0. The monoisotopic (exact) mass is 209 g/mol. The maximum atomic E-state index is 4.14. The van der Waals surface area contributed by atoms with Gasteiger partial charge in [-0.05, 0) is 45.3 Å². The minimum absolute atomic E-state index is 0.259. The molecule has 1 aliphatic rings. The molecule has 1 aromatic heterocycles. The smallest absolute Gasteiger partial charge is 0.141 e. The molecule has 0 saturated carbocycles. The fraction of sp³-hybridized carbons (Fsp3) is 0.800. The zero-order chi connectivity index (χ0) is 10.5. The molecule has 0 bridgehead atoms. The summed E-state index contributed by atoms with van der Waals surface area (Å²) in [6.45, 7) is 5.47. The van der Waals surface area contributed by atoms with Crippen LogP contribution in [0.5, 0.6) is 0 Å². The Morgan fingerprint density at radius 3 is 3.27 bits per heavy atom. The van der Waals surface area contributed by atoms with Gasteiger partial charge in [0, 0.05) is 0 Å². The molecular weight excluding hydrogens is 190 g/mol. The molecule has 0 aromatic carbocycles. The highest BCUT2D eigenvalue weighted by Crippen LogP contribution is 2.11. The SMILES string of the molecule is CC(NCC1CCCNC1)c1ncn[nH]1. The van der Waals surface area contributed by atoms with Crippen LogP contribution < -0.4 is 10.6 Å². The van der Waals surface area contributed by atoms with Gasteiger partial charge in [-0.2, -0.15) is 5.10 Å². The Balaban J connectivity index is 1.73. The topological polar surface area (TPSA) is 65.6 Å². The number of hydrogen-bond acceptors (Lipinski definition) is 4. The number of nitrogens with one attached hydrogen (secondary N) is 3. The molecule has 0 aliphatic carbocycles. The van der Waals surface area contributed by atoms with E-state index < -0.39 is 0 Å². The lowest BCUT2D eigenvalue weighted by Gasteiger charge is -2.24. The quantitative estimate of drug-likeness (QED) is 0.674. The lowest BCUT2D eigenvalue weighted by atomic mass is 9.99. The summed E-state index contributed by atoms with van der Waals surface area (Å²) in [6, 6.07) is 0.259. The Hall–Kier alpha value is -0.940. The van der Waals surface area contributed by atoms with Crippen molar-refractivity contribution >= 4 is 0 Å². The van der Waals surface area contributed by atoms with Crippen molar-refractivity contribution in [2.24, 2.45) is 5.92 Å². The average Bonchev–Trinajstić information content (AvgIpc) is 2.81. The molecule has 84 valence electrons. The van der Waals surface area contributed by atoms with Crippen LogP contribution in [0.4, 0.5) is 0 Å². The van der Waals surface area contributed by atoms with Crippen molar-refractivity contribution in [3.05, 3.63) is 12.2 Å². The predicted octanol–water partition coefficient (Wildman–Crippen LogP) is 0.455. The summed E-state index contributed by atoms with van der Waals surface area (Å²) in [4.78, 5) is 4.14. The van der Waals surface area contributed by atoms with Crippen molar-refractivity contribution in [3.8, 4) is 0 Å². The van der Waals surface area contributed by atoms with Crippen LogP contribution >= 0.6 is 0 Å². The van der Waals surface area contributed by atoms with Crippen LogP contribution in [-0.4, -0.2) is 34.8 Å². The van der Waals surface area contributed by atoms with Crippen LogP contribution in [0.2, 0.25) is 0 Å². The van der Waals surface area contributed by atoms with Crippen LogP contribution in [0.3, 0.4) is 0 Å². The van der Waals surface area contributed by atoms with E-state index in [9.17, 15) is 0 Å². The number of nitrogens with zero attached hydrogens (tertiary/aromatic N) is 2. The second kappa shape index (κ2) is 5.23. The van der Waals surface area contributed by atoms with Gasteiger partial charge in [-0.25, -0.2) is 4.98 Å². The van der Waals surface area contributed by atoms with Gasteiger partial charge in [0.15, 0.2) is 0 Å². The molecule has 0 spiro atoms. The zero-order valence-corrected chi connectivity index (χ0v) is 9.16. The van der Waals surface area contributed by atoms with Crippen LogP contribution in [0.1, 0.15) is 31.6 Å². The molecule has 2 heterocycles. The van der Waals surface area contributed by atoms with Gasteiger partial charge in [0.2, 0.25) is 0 Å². The Bertz CT molecular complexity index is 265. The molecule has 1 fully saturated rings. The van der Waals surface area contributed by atoms with Gasteiger partial charge in [0.1, 0.15) is 12.2 Å². The van der Waals surface area contributed by atoms with Gasteiger partial charge < -0.3 is 10.6 Å². The minimum atomic E-state index is 0.259. The number of hydrogen-bond donors (Lipinski definition) is 3. The molecule has 5 nitrogen and oxygen atoms in total. The van der Waals surface area contributed by atoms with E-state index >= 15 is 0 Å². The second-order valence-corrected chi connectivity index (χ2v) is 4.21. The highest BCUT2D eigenvalue weighted by Gasteiger charge is 2.14. The maximum absolute atomic E-state index is 4.14. The molecule has 2 atom stereocenters. The van der Waals surface area contributed by atoms with Crippen molar-refractivity contribution in [1.29, 1.82) is 0 Å². The van der Waals surface area contributed by atoms with Gasteiger partial charge in [-0.3, -0.25) is 5.10 Å². The first-order chi connectivity index (χ1) is 7.36. The molecule has 1 aliphatic heterocycles. The molecular formula is C10H19N5. The van der Waals surface area contributed by atoms with Gasteiger partial charge in [0.25, 0.3) is 0 Å². The number of rotatable bonds is 4. The van der Waals surface area contributed by atoms with Crippen molar-refractivity contribution in [2.75, 3.05) is 19.6 Å². The van der Waals surface area contributed by atoms with Crippen LogP contribution in [0, 0.1) is 5.92 Å². The fourth-order valence-corrected chi connectivity index (χ4v) is 1.96. The van der Waals surface area contributed by atoms with Crippen molar-refractivity contribution < 1.29 is 0 Å². The van der Waals surface area contributed by atoms with Gasteiger partial charge in [-0.1, -0.05) is 0 Å². The first-order valence-electron chi connectivity index (χ1n) is 5.65. The molecule has 0 radical (unpaired) electrons. The van der Waals surface area contributed by atoms with E-state index in [1.807, 2.05) is 0 Å². The summed E-state index contributed by atoms with van der Waals surface area (Å²) in [5.41, 5.74) is 0. The molecule has 3 N–H and O–H groups in total. The van der Waals surface area contributed by atoms with Crippen molar-refractivity contribution in [1.82, 2.24) is 25.8 Å². The number of H-pyrrole nitrogens is 1. The molecule has 1 aromatic rings. The van der Waals surface area contributed by atoms with E-state index in [2.05, 4.69) is 32.7 Å². The summed E-state index contributed by atoms with van der Waals surface area (Å²) in [5.74, 6) is 1.67. The van der Waals surface area contributed by atoms with Crippen LogP contribution in [0.15, 0.2) is 6.33 Å². The molecule has 1 saturated heterocycles. The number of piperidine rings is 1. The van der Waals surface area contributed by atoms with Gasteiger partial charge >= 0.3 is 0 Å². The standard InChI is InChI=1S/C10H19N5/c1-8(10-13-7-14-15-10)12-6-9-3-2-4-11-5-9/h7-9,11-12H,2-6H2,1H3,(H,13,14,15). The predicted molar refractivity (Wildman–Crippen MR) is 58.4 cm³/mol. The van der Waals surface area contributed by atoms with Crippen molar-refractivity contribution in [2.45, 2.75) is 25.8 Å². The first-order valence-corrected chi connectivity index (χ1v) is 5.65. The van der Waals surface area contributed by atoms with E-state index in [0.717, 1.165) is 24.8 Å². The number of aromatic nitrogens is 3. The summed E-state index contributed by atoms with van der Waals surface area (Å²) < 4.78 is 0.